The molecule has 2 saturated heterocycles. The maximum atomic E-state index is 12.5. The number of nitrogens with one attached hydrogen (secondary N) is 2. The first-order valence-corrected chi connectivity index (χ1v) is 18.4. The second-order valence-electron chi connectivity index (χ2n) is 12.7. The molecule has 254 valence electrons. The van der Waals surface area contributed by atoms with Crippen molar-refractivity contribution in [2.45, 2.75) is 38.6 Å². The number of aryl methyl sites for hydroxylation is 1. The number of nitrogens with zero attached hydrogens (tertiary/aromatic N) is 6. The van der Waals surface area contributed by atoms with Crippen LogP contribution in [0.15, 0.2) is 30.5 Å². The number of anilines is 6. The molecule has 0 spiro atoms. The van der Waals surface area contributed by atoms with Crippen LogP contribution in [-0.4, -0.2) is 108 Å². The minimum atomic E-state index is -3.53. The zero-order valence-electron chi connectivity index (χ0n) is 27.8. The molecule has 0 amide bonds. The Morgan fingerprint density at radius 2 is 1.83 bits per heavy atom. The molecular weight excluding hydrogens is 640 g/mol. The van der Waals surface area contributed by atoms with E-state index in [1.54, 1.807) is 13.2 Å². The maximum Gasteiger partial charge on any atom is 0.232 e. The third kappa shape index (κ3) is 7.48. The van der Waals surface area contributed by atoms with Gasteiger partial charge in [0.1, 0.15) is 16.5 Å². The molecule has 12 nitrogen and oxygen atoms in total. The Bertz CT molecular complexity index is 1720. The van der Waals surface area contributed by atoms with E-state index in [2.05, 4.69) is 61.4 Å². The topological polar surface area (TPSA) is 115 Å². The van der Waals surface area contributed by atoms with E-state index < -0.39 is 10.0 Å². The second-order valence-corrected chi connectivity index (χ2v) is 15.1. The van der Waals surface area contributed by atoms with Crippen LogP contribution in [0.2, 0.25) is 5.02 Å². The predicted octanol–water partition coefficient (Wildman–Crippen LogP) is 4.87. The number of sulfonamides is 1. The molecule has 0 bridgehead atoms. The number of rotatable bonds is 9. The van der Waals surface area contributed by atoms with E-state index in [0.717, 1.165) is 55.8 Å². The van der Waals surface area contributed by atoms with Gasteiger partial charge in [0.05, 0.1) is 43.2 Å². The number of fused-ring (bicyclic) bond motifs is 1. The molecule has 0 aliphatic carbocycles. The first kappa shape index (κ1) is 33.4. The third-order valence-electron chi connectivity index (χ3n) is 9.48. The zero-order chi connectivity index (χ0) is 33.3. The summed E-state index contributed by atoms with van der Waals surface area (Å²) in [6, 6.07) is 8.40. The molecule has 1 aromatic heterocycles. The summed E-state index contributed by atoms with van der Waals surface area (Å²) in [7, 11) is 1.87. The van der Waals surface area contributed by atoms with Crippen LogP contribution in [0.1, 0.15) is 30.4 Å². The van der Waals surface area contributed by atoms with Crippen molar-refractivity contribution >= 4 is 56.1 Å². The summed E-state index contributed by atoms with van der Waals surface area (Å²) in [5.41, 5.74) is 4.93. The van der Waals surface area contributed by atoms with E-state index in [9.17, 15) is 8.42 Å². The van der Waals surface area contributed by atoms with Crippen molar-refractivity contribution in [3.8, 4) is 11.5 Å². The fraction of sp³-hybridized carbons (Fsp3) is 0.515. The molecule has 0 atom stereocenters. The summed E-state index contributed by atoms with van der Waals surface area (Å²) >= 11 is 6.54. The van der Waals surface area contributed by atoms with Crippen molar-refractivity contribution in [1.29, 1.82) is 0 Å². The summed E-state index contributed by atoms with van der Waals surface area (Å²) < 4.78 is 37.7. The average Bonchev–Trinajstić information content (AvgIpc) is 3.39. The molecule has 2 aromatic carbocycles. The van der Waals surface area contributed by atoms with Gasteiger partial charge in [-0.2, -0.15) is 4.98 Å². The number of benzene rings is 2. The van der Waals surface area contributed by atoms with Crippen LogP contribution >= 0.6 is 11.6 Å². The monoisotopic (exact) mass is 684 g/mol. The highest BCUT2D eigenvalue weighted by Crippen LogP contribution is 2.40. The van der Waals surface area contributed by atoms with Crippen LogP contribution in [0, 0.1) is 6.92 Å². The number of hydrogen-bond acceptors (Lipinski definition) is 11. The summed E-state index contributed by atoms with van der Waals surface area (Å²) in [6.07, 6.45) is 6.91. The van der Waals surface area contributed by atoms with E-state index in [4.69, 9.17) is 21.1 Å². The molecule has 4 heterocycles. The molecule has 0 radical (unpaired) electrons. The SMILES string of the molecule is COc1cc(N2CCC(N3CCCN(C)CC3)CC2)c(C)cc1Nc1ncc(Cl)c(Nc2cc3c(cc2N(C)S(C)(=O)=O)CCO3)n1. The first-order chi connectivity index (χ1) is 22.5. The number of piperidine rings is 1. The van der Waals surface area contributed by atoms with Crippen LogP contribution in [0.3, 0.4) is 0 Å². The van der Waals surface area contributed by atoms with Gasteiger partial charge in [-0.1, -0.05) is 11.6 Å². The van der Waals surface area contributed by atoms with Crippen LogP contribution in [-0.2, 0) is 16.4 Å². The van der Waals surface area contributed by atoms with Crippen LogP contribution < -0.4 is 29.3 Å². The average molecular weight is 685 g/mol. The number of ether oxygens (including phenoxy) is 2. The molecule has 0 unspecified atom stereocenters. The normalized spacial score (nSPS) is 18.0. The Kier molecular flexibility index (Phi) is 9.88. The molecule has 3 aromatic rings. The van der Waals surface area contributed by atoms with Gasteiger partial charge in [0.2, 0.25) is 16.0 Å². The van der Waals surface area contributed by atoms with Gasteiger partial charge in [-0.25, -0.2) is 13.4 Å². The van der Waals surface area contributed by atoms with Crippen molar-refractivity contribution < 1.29 is 17.9 Å². The number of halogens is 1. The van der Waals surface area contributed by atoms with Crippen molar-refractivity contribution in [2.24, 2.45) is 0 Å². The van der Waals surface area contributed by atoms with Crippen LogP contribution in [0.4, 0.5) is 34.5 Å². The number of hydrogen-bond donors (Lipinski definition) is 2. The number of methoxy groups -OCH3 is 1. The summed E-state index contributed by atoms with van der Waals surface area (Å²) in [6.45, 7) is 9.33. The maximum absolute atomic E-state index is 12.5. The Morgan fingerprint density at radius 1 is 1.04 bits per heavy atom. The number of likely N-dealkylation sites (N-methyl/N-ethyl adjacent to an activating group) is 1. The van der Waals surface area contributed by atoms with Gasteiger partial charge in [-0.05, 0) is 69.6 Å². The Morgan fingerprint density at radius 3 is 2.57 bits per heavy atom. The summed E-state index contributed by atoms with van der Waals surface area (Å²) in [5, 5.41) is 6.80. The van der Waals surface area contributed by atoms with Crippen LogP contribution in [0.25, 0.3) is 0 Å². The smallest absolute Gasteiger partial charge is 0.232 e. The van der Waals surface area contributed by atoms with E-state index in [-0.39, 0.29) is 5.02 Å². The largest absolute Gasteiger partial charge is 0.494 e. The van der Waals surface area contributed by atoms with Gasteiger partial charge in [0, 0.05) is 63.5 Å². The molecule has 3 aliphatic heterocycles. The lowest BCUT2D eigenvalue weighted by Crippen LogP contribution is -2.46. The Labute approximate surface area is 283 Å². The van der Waals surface area contributed by atoms with Crippen LogP contribution in [0.5, 0.6) is 11.5 Å². The van der Waals surface area contributed by atoms with E-state index in [1.807, 2.05) is 6.07 Å². The third-order valence-corrected chi connectivity index (χ3v) is 11.0. The van der Waals surface area contributed by atoms with Crippen molar-refractivity contribution in [3.63, 3.8) is 0 Å². The quantitative estimate of drug-likeness (QED) is 0.322. The van der Waals surface area contributed by atoms with Gasteiger partial charge in [-0.15, -0.1) is 0 Å². The minimum Gasteiger partial charge on any atom is -0.494 e. The first-order valence-electron chi connectivity index (χ1n) is 16.2. The molecule has 2 N–H and O–H groups in total. The zero-order valence-corrected chi connectivity index (χ0v) is 29.4. The lowest BCUT2D eigenvalue weighted by atomic mass is 10.0. The standard InChI is InChI=1S/C33H45ClN8O4S/c1-22-17-27(31(45-4)20-28(22)42-12-7-24(8-13-42)41-11-6-10-39(2)14-15-41)37-33-35-21-25(34)32(38-33)36-26-19-30-23(9-16-46-30)18-29(26)40(3)47(5,43)44/h17-21,24H,6-16H2,1-5H3,(H2,35,36,37,38). The molecule has 3 aliphatic rings. The highest BCUT2D eigenvalue weighted by molar-refractivity contribution is 7.92. The molecule has 14 heteroatoms. The van der Waals surface area contributed by atoms with Crippen molar-refractivity contribution in [2.75, 3.05) is 93.2 Å². The predicted molar refractivity (Wildman–Crippen MR) is 189 cm³/mol. The lowest BCUT2D eigenvalue weighted by molar-refractivity contribution is 0.174. The highest BCUT2D eigenvalue weighted by Gasteiger charge is 2.27. The van der Waals surface area contributed by atoms with Gasteiger partial charge in [0.25, 0.3) is 0 Å². The Hall–Kier alpha value is -3.52. The molecular formula is C33H45ClN8O4S. The minimum absolute atomic E-state index is 0.277. The van der Waals surface area contributed by atoms with E-state index in [1.165, 1.54) is 49.0 Å². The van der Waals surface area contributed by atoms with Crippen molar-refractivity contribution in [1.82, 2.24) is 19.8 Å². The van der Waals surface area contributed by atoms with Crippen molar-refractivity contribution in [3.05, 3.63) is 46.6 Å². The van der Waals surface area contributed by atoms with Gasteiger partial charge in [-0.3, -0.25) is 9.21 Å². The van der Waals surface area contributed by atoms with E-state index >= 15 is 0 Å². The lowest BCUT2D eigenvalue weighted by Gasteiger charge is -2.39. The molecule has 2 fully saturated rings. The van der Waals surface area contributed by atoms with E-state index in [0.29, 0.717) is 53.7 Å². The van der Waals surface area contributed by atoms with Gasteiger partial charge >= 0.3 is 0 Å². The Balaban J connectivity index is 1.19. The number of aromatic nitrogens is 2. The van der Waals surface area contributed by atoms with Gasteiger partial charge in [0.15, 0.2) is 5.82 Å². The fourth-order valence-corrected chi connectivity index (χ4v) is 7.35. The fourth-order valence-electron chi connectivity index (χ4n) is 6.70. The summed E-state index contributed by atoms with van der Waals surface area (Å²) in [4.78, 5) is 16.7. The molecule has 0 saturated carbocycles. The van der Waals surface area contributed by atoms with Gasteiger partial charge < -0.3 is 29.9 Å². The highest BCUT2D eigenvalue weighted by atomic mass is 35.5. The molecule has 47 heavy (non-hydrogen) atoms. The summed E-state index contributed by atoms with van der Waals surface area (Å²) in [5.74, 6) is 2.00. The molecule has 6 rings (SSSR count). The second kappa shape index (κ2) is 13.9.